The summed E-state index contributed by atoms with van der Waals surface area (Å²) >= 11 is 0. The van der Waals surface area contributed by atoms with E-state index in [9.17, 15) is 9.59 Å². The number of ketones is 2. The predicted molar refractivity (Wildman–Crippen MR) is 52.7 cm³/mol. The number of allylic oxidation sites excluding steroid dienone is 3. The molecular formula is C11H14O3. The molecule has 0 bridgehead atoms. The first kappa shape index (κ1) is 10.7. The Bertz CT molecular complexity index is 310. The van der Waals surface area contributed by atoms with Crippen molar-refractivity contribution in [2.24, 2.45) is 0 Å². The van der Waals surface area contributed by atoms with E-state index in [-0.39, 0.29) is 0 Å². The molecule has 0 saturated heterocycles. The van der Waals surface area contributed by atoms with Crippen LogP contribution >= 0.6 is 0 Å². The number of Topliss-reactive ketones (excluding diaryl/α,β-unsaturated/α-hetero) is 1. The van der Waals surface area contributed by atoms with Crippen LogP contribution in [0.25, 0.3) is 0 Å². The highest BCUT2D eigenvalue weighted by molar-refractivity contribution is 6.48. The third-order valence-electron chi connectivity index (χ3n) is 2.18. The normalized spacial score (nSPS) is 16.4. The molecule has 0 N–H and O–H groups in total. The minimum absolute atomic E-state index is 0.419. The van der Waals surface area contributed by atoms with Gasteiger partial charge in [-0.1, -0.05) is 13.3 Å². The number of hydrogen-bond donors (Lipinski definition) is 0. The van der Waals surface area contributed by atoms with Gasteiger partial charge in [-0.15, -0.1) is 0 Å². The van der Waals surface area contributed by atoms with Crippen molar-refractivity contribution in [1.82, 2.24) is 0 Å². The lowest BCUT2D eigenvalue weighted by Crippen LogP contribution is -2.19. The molecule has 0 aromatic rings. The molecule has 0 aromatic heterocycles. The van der Waals surface area contributed by atoms with E-state index in [0.717, 1.165) is 12.8 Å². The van der Waals surface area contributed by atoms with Crippen LogP contribution in [0.5, 0.6) is 0 Å². The van der Waals surface area contributed by atoms with Gasteiger partial charge in [-0.3, -0.25) is 9.59 Å². The maximum Gasteiger partial charge on any atom is 0.232 e. The highest BCUT2D eigenvalue weighted by atomic mass is 16.5. The van der Waals surface area contributed by atoms with Crippen molar-refractivity contribution in [1.29, 1.82) is 0 Å². The smallest absolute Gasteiger partial charge is 0.232 e. The molecule has 14 heavy (non-hydrogen) atoms. The SMILES string of the molecule is CCCCC1=C(OC)C=CC(=O)C1=O. The summed E-state index contributed by atoms with van der Waals surface area (Å²) < 4.78 is 5.04. The third-order valence-corrected chi connectivity index (χ3v) is 2.18. The van der Waals surface area contributed by atoms with Crippen molar-refractivity contribution >= 4 is 11.6 Å². The van der Waals surface area contributed by atoms with E-state index in [1.807, 2.05) is 6.92 Å². The standard InChI is InChI=1S/C11H14O3/c1-3-4-5-8-10(14-2)7-6-9(12)11(8)13/h6-7H,3-5H2,1-2H3. The van der Waals surface area contributed by atoms with Crippen LogP contribution in [-0.4, -0.2) is 18.7 Å². The lowest BCUT2D eigenvalue weighted by atomic mass is 9.96. The molecule has 76 valence electrons. The van der Waals surface area contributed by atoms with Gasteiger partial charge in [0.2, 0.25) is 11.6 Å². The van der Waals surface area contributed by atoms with Gasteiger partial charge in [-0.2, -0.15) is 0 Å². The Hall–Kier alpha value is -1.38. The Balaban J connectivity index is 2.90. The van der Waals surface area contributed by atoms with E-state index < -0.39 is 11.6 Å². The van der Waals surface area contributed by atoms with E-state index >= 15 is 0 Å². The molecule has 0 heterocycles. The summed E-state index contributed by atoms with van der Waals surface area (Å²) in [7, 11) is 1.51. The van der Waals surface area contributed by atoms with E-state index in [0.29, 0.717) is 17.8 Å². The van der Waals surface area contributed by atoms with Crippen molar-refractivity contribution in [2.45, 2.75) is 26.2 Å². The molecule has 0 spiro atoms. The fraction of sp³-hybridized carbons (Fsp3) is 0.455. The van der Waals surface area contributed by atoms with E-state index in [2.05, 4.69) is 0 Å². The third kappa shape index (κ3) is 2.10. The van der Waals surface area contributed by atoms with Crippen molar-refractivity contribution in [2.75, 3.05) is 7.11 Å². The Morgan fingerprint density at radius 1 is 1.29 bits per heavy atom. The minimum Gasteiger partial charge on any atom is -0.496 e. The number of ether oxygens (including phenoxy) is 1. The number of unbranched alkanes of at least 4 members (excludes halogenated alkanes) is 1. The van der Waals surface area contributed by atoms with Gasteiger partial charge < -0.3 is 4.74 Å². The first-order valence-corrected chi connectivity index (χ1v) is 4.74. The summed E-state index contributed by atoms with van der Waals surface area (Å²) in [6.07, 6.45) is 5.33. The van der Waals surface area contributed by atoms with Crippen LogP contribution in [0.15, 0.2) is 23.5 Å². The average molecular weight is 194 g/mol. The zero-order valence-corrected chi connectivity index (χ0v) is 8.50. The molecule has 0 unspecified atom stereocenters. The molecule has 0 amide bonds. The van der Waals surface area contributed by atoms with Crippen molar-refractivity contribution < 1.29 is 14.3 Å². The molecular weight excluding hydrogens is 180 g/mol. The number of hydrogen-bond acceptors (Lipinski definition) is 3. The van der Waals surface area contributed by atoms with Gasteiger partial charge in [0.25, 0.3) is 0 Å². The summed E-state index contributed by atoms with van der Waals surface area (Å²) in [4.78, 5) is 22.6. The van der Waals surface area contributed by atoms with Gasteiger partial charge in [0.05, 0.1) is 7.11 Å². The topological polar surface area (TPSA) is 43.4 Å². The van der Waals surface area contributed by atoms with Gasteiger partial charge in [0, 0.05) is 5.57 Å². The summed E-state index contributed by atoms with van der Waals surface area (Å²) in [6, 6.07) is 0. The number of carbonyl (C=O) groups is 2. The minimum atomic E-state index is -0.447. The lowest BCUT2D eigenvalue weighted by Gasteiger charge is -2.12. The molecule has 0 atom stereocenters. The molecule has 1 aliphatic rings. The van der Waals surface area contributed by atoms with Gasteiger partial charge in [-0.25, -0.2) is 0 Å². The van der Waals surface area contributed by atoms with Crippen LogP contribution < -0.4 is 0 Å². The molecule has 0 aliphatic heterocycles. The summed E-state index contributed by atoms with van der Waals surface area (Å²) in [5.41, 5.74) is 0.516. The number of carbonyl (C=O) groups excluding carboxylic acids is 2. The molecule has 3 heteroatoms. The second-order valence-corrected chi connectivity index (χ2v) is 3.18. The van der Waals surface area contributed by atoms with Crippen LogP contribution in [-0.2, 0) is 14.3 Å². The quantitative estimate of drug-likeness (QED) is 0.506. The predicted octanol–water partition coefficient (Wildman–Crippen LogP) is 1.79. The second kappa shape index (κ2) is 4.74. The highest BCUT2D eigenvalue weighted by Crippen LogP contribution is 2.19. The van der Waals surface area contributed by atoms with Crippen LogP contribution in [0, 0.1) is 0 Å². The molecule has 0 saturated carbocycles. The largest absolute Gasteiger partial charge is 0.496 e. The first-order valence-electron chi connectivity index (χ1n) is 4.74. The summed E-state index contributed by atoms with van der Waals surface area (Å²) in [5, 5.41) is 0. The van der Waals surface area contributed by atoms with Crippen LogP contribution in [0.3, 0.4) is 0 Å². The van der Waals surface area contributed by atoms with Crippen LogP contribution in [0.4, 0.5) is 0 Å². The number of rotatable bonds is 4. The fourth-order valence-corrected chi connectivity index (χ4v) is 1.37. The zero-order chi connectivity index (χ0) is 10.6. The molecule has 1 aliphatic carbocycles. The monoisotopic (exact) mass is 194 g/mol. The summed E-state index contributed by atoms with van der Waals surface area (Å²) in [6.45, 7) is 2.04. The van der Waals surface area contributed by atoms with Crippen LogP contribution in [0.1, 0.15) is 26.2 Å². The first-order chi connectivity index (χ1) is 6.70. The molecule has 0 fully saturated rings. The summed E-state index contributed by atoms with van der Waals surface area (Å²) in [5.74, 6) is -0.335. The Morgan fingerprint density at radius 2 is 2.00 bits per heavy atom. The van der Waals surface area contributed by atoms with E-state index in [1.54, 1.807) is 6.08 Å². The Morgan fingerprint density at radius 3 is 2.57 bits per heavy atom. The van der Waals surface area contributed by atoms with Gasteiger partial charge in [-0.05, 0) is 25.0 Å². The van der Waals surface area contributed by atoms with Gasteiger partial charge >= 0.3 is 0 Å². The molecule has 3 nitrogen and oxygen atoms in total. The van der Waals surface area contributed by atoms with Crippen LogP contribution in [0.2, 0.25) is 0 Å². The molecule has 0 radical (unpaired) electrons. The zero-order valence-electron chi connectivity index (χ0n) is 8.50. The molecule has 0 aromatic carbocycles. The second-order valence-electron chi connectivity index (χ2n) is 3.18. The van der Waals surface area contributed by atoms with Crippen molar-refractivity contribution in [3.63, 3.8) is 0 Å². The van der Waals surface area contributed by atoms with E-state index in [1.165, 1.54) is 13.2 Å². The molecule has 1 rings (SSSR count). The number of methoxy groups -OCH3 is 1. The Kier molecular flexibility index (Phi) is 3.63. The maximum atomic E-state index is 11.5. The van der Waals surface area contributed by atoms with Gasteiger partial charge in [0.15, 0.2) is 0 Å². The average Bonchev–Trinajstić information content (AvgIpc) is 2.20. The maximum absolute atomic E-state index is 11.5. The van der Waals surface area contributed by atoms with Gasteiger partial charge in [0.1, 0.15) is 5.76 Å². The fourth-order valence-electron chi connectivity index (χ4n) is 1.37. The van der Waals surface area contributed by atoms with E-state index in [4.69, 9.17) is 4.74 Å². The van der Waals surface area contributed by atoms with Crippen molar-refractivity contribution in [3.05, 3.63) is 23.5 Å². The lowest BCUT2D eigenvalue weighted by molar-refractivity contribution is -0.131. The Labute approximate surface area is 83.4 Å². The van der Waals surface area contributed by atoms with Crippen molar-refractivity contribution in [3.8, 4) is 0 Å². The highest BCUT2D eigenvalue weighted by Gasteiger charge is 2.23.